The molecule has 2 aliphatic rings. The van der Waals surface area contributed by atoms with Gasteiger partial charge in [-0.15, -0.1) is 0 Å². The van der Waals surface area contributed by atoms with Crippen molar-refractivity contribution in [2.24, 2.45) is 0 Å². The number of phenols is 1. The third-order valence-electron chi connectivity index (χ3n) is 6.80. The number of methoxy groups -OCH3 is 2. The second-order valence-electron chi connectivity index (χ2n) is 9.13. The van der Waals surface area contributed by atoms with Gasteiger partial charge in [-0.3, -0.25) is 0 Å². The van der Waals surface area contributed by atoms with E-state index in [1.165, 1.54) is 13.2 Å². The Morgan fingerprint density at radius 2 is 1.69 bits per heavy atom. The fourth-order valence-corrected chi connectivity index (χ4v) is 4.75. The Bertz CT molecular complexity index is 1040. The smallest absolute Gasteiger partial charge is 0.186 e. The van der Waals surface area contributed by atoms with Crippen molar-refractivity contribution in [1.29, 1.82) is 0 Å². The molecule has 2 aromatic rings. The summed E-state index contributed by atoms with van der Waals surface area (Å²) < 4.78 is 28.1. The van der Waals surface area contributed by atoms with Crippen LogP contribution < -0.4 is 14.2 Å². The SMILES string of the molecule is COc1cc(C2Oc3c(OC)cc(CCCO[C@@H]4O[C@@H](C)[C@H](O)[C@@H](O)[C@H]4O)cc3C2CO)ccc1O. The van der Waals surface area contributed by atoms with E-state index in [2.05, 4.69) is 0 Å². The van der Waals surface area contributed by atoms with Crippen molar-refractivity contribution in [3.63, 3.8) is 0 Å². The minimum Gasteiger partial charge on any atom is -0.504 e. The van der Waals surface area contributed by atoms with Gasteiger partial charge < -0.3 is 49.2 Å². The number of phenolic OH excluding ortho intramolecular Hbond substituents is 1. The van der Waals surface area contributed by atoms with E-state index in [1.807, 2.05) is 12.1 Å². The first-order valence-corrected chi connectivity index (χ1v) is 12.0. The van der Waals surface area contributed by atoms with Gasteiger partial charge in [-0.2, -0.15) is 0 Å². The number of aryl methyl sites for hydroxylation is 1. The van der Waals surface area contributed by atoms with Crippen LogP contribution in [0.25, 0.3) is 0 Å². The van der Waals surface area contributed by atoms with Crippen LogP contribution in [-0.2, 0) is 15.9 Å². The minimum absolute atomic E-state index is 0.0192. The monoisotopic (exact) mass is 506 g/mol. The Labute approximate surface area is 209 Å². The number of rotatable bonds is 9. The second kappa shape index (κ2) is 11.2. The van der Waals surface area contributed by atoms with Crippen molar-refractivity contribution < 1.29 is 49.2 Å². The largest absolute Gasteiger partial charge is 0.504 e. The van der Waals surface area contributed by atoms with Gasteiger partial charge in [-0.05, 0) is 49.1 Å². The lowest BCUT2D eigenvalue weighted by Crippen LogP contribution is -2.57. The summed E-state index contributed by atoms with van der Waals surface area (Å²) in [5.41, 5.74) is 2.53. The van der Waals surface area contributed by atoms with E-state index in [0.29, 0.717) is 30.1 Å². The van der Waals surface area contributed by atoms with Gasteiger partial charge >= 0.3 is 0 Å². The Balaban J connectivity index is 1.45. The Hall–Kier alpha value is -2.60. The third-order valence-corrected chi connectivity index (χ3v) is 6.80. The van der Waals surface area contributed by atoms with Crippen LogP contribution in [0.15, 0.2) is 30.3 Å². The molecular formula is C26H34O10. The lowest BCUT2D eigenvalue weighted by molar-refractivity contribution is -0.293. The third kappa shape index (κ3) is 5.10. The molecule has 10 nitrogen and oxygen atoms in total. The number of aliphatic hydroxyl groups is 4. The number of ether oxygens (including phenoxy) is 5. The summed E-state index contributed by atoms with van der Waals surface area (Å²) in [5.74, 6) is 1.10. The molecule has 2 aliphatic heterocycles. The molecule has 10 heteroatoms. The summed E-state index contributed by atoms with van der Waals surface area (Å²) in [5, 5.41) is 50.0. The molecule has 0 bridgehead atoms. The molecule has 36 heavy (non-hydrogen) atoms. The maximum atomic E-state index is 10.2. The number of fused-ring (bicyclic) bond motifs is 1. The van der Waals surface area contributed by atoms with Crippen LogP contribution in [-0.4, -0.2) is 83.7 Å². The predicted molar refractivity (Wildman–Crippen MR) is 127 cm³/mol. The average molecular weight is 507 g/mol. The van der Waals surface area contributed by atoms with Gasteiger partial charge in [0.1, 0.15) is 24.4 Å². The van der Waals surface area contributed by atoms with Crippen LogP contribution in [0.5, 0.6) is 23.0 Å². The highest BCUT2D eigenvalue weighted by molar-refractivity contribution is 5.56. The standard InChI is InChI=1S/C26H34O10/c1-13-21(29)22(30)23(31)26(35-13)34-8-4-5-14-9-16-17(12-27)24(36-25(16)20(10-14)33-3)15-6-7-18(28)19(11-15)32-2/h6-7,9-11,13,17,21-24,26-31H,4-5,8,12H2,1-3H3/t13-,17?,21-,22+,23+,24?,26+/m0/s1. The van der Waals surface area contributed by atoms with E-state index < -0.39 is 36.8 Å². The van der Waals surface area contributed by atoms with Crippen LogP contribution in [0, 0.1) is 0 Å². The Morgan fingerprint density at radius 1 is 0.944 bits per heavy atom. The molecule has 5 N–H and O–H groups in total. The number of aliphatic hydroxyl groups excluding tert-OH is 4. The average Bonchev–Trinajstić information content (AvgIpc) is 3.26. The summed E-state index contributed by atoms with van der Waals surface area (Å²) >= 11 is 0. The number of hydrogen-bond donors (Lipinski definition) is 5. The summed E-state index contributed by atoms with van der Waals surface area (Å²) in [7, 11) is 3.03. The molecule has 0 aliphatic carbocycles. The molecule has 198 valence electrons. The van der Waals surface area contributed by atoms with E-state index in [1.54, 1.807) is 26.2 Å². The summed E-state index contributed by atoms with van der Waals surface area (Å²) in [6.45, 7) is 1.71. The van der Waals surface area contributed by atoms with Crippen molar-refractivity contribution in [3.8, 4) is 23.0 Å². The molecule has 0 saturated carbocycles. The van der Waals surface area contributed by atoms with Gasteiger partial charge in [-0.25, -0.2) is 0 Å². The molecule has 2 unspecified atom stereocenters. The van der Waals surface area contributed by atoms with Gasteiger partial charge in [0.2, 0.25) is 0 Å². The quantitative estimate of drug-likeness (QED) is 0.316. The number of aromatic hydroxyl groups is 1. The fraction of sp³-hybridized carbons (Fsp3) is 0.538. The van der Waals surface area contributed by atoms with Crippen molar-refractivity contribution in [1.82, 2.24) is 0 Å². The van der Waals surface area contributed by atoms with E-state index >= 15 is 0 Å². The minimum atomic E-state index is -1.34. The molecule has 0 aromatic heterocycles. The normalized spacial score (nSPS) is 29.5. The molecule has 0 spiro atoms. The van der Waals surface area contributed by atoms with Gasteiger partial charge in [0.05, 0.1) is 39.5 Å². The molecule has 2 aromatic carbocycles. The van der Waals surface area contributed by atoms with Crippen LogP contribution in [0.3, 0.4) is 0 Å². The Kier molecular flexibility index (Phi) is 8.23. The first-order chi connectivity index (χ1) is 17.3. The van der Waals surface area contributed by atoms with E-state index in [4.69, 9.17) is 23.7 Å². The zero-order chi connectivity index (χ0) is 26.0. The summed E-state index contributed by atoms with van der Waals surface area (Å²) in [6, 6.07) is 8.81. The zero-order valence-corrected chi connectivity index (χ0v) is 20.5. The topological polar surface area (TPSA) is 147 Å². The van der Waals surface area contributed by atoms with Gasteiger partial charge in [0.25, 0.3) is 0 Å². The first kappa shape index (κ1) is 26.5. The molecule has 1 saturated heterocycles. The summed E-state index contributed by atoms with van der Waals surface area (Å²) in [4.78, 5) is 0. The molecule has 0 amide bonds. The molecular weight excluding hydrogens is 472 g/mol. The van der Waals surface area contributed by atoms with E-state index in [9.17, 15) is 25.5 Å². The van der Waals surface area contributed by atoms with Crippen molar-refractivity contribution in [3.05, 3.63) is 47.0 Å². The highest BCUT2D eigenvalue weighted by Crippen LogP contribution is 2.51. The molecule has 1 fully saturated rings. The molecule has 4 rings (SSSR count). The molecule has 0 radical (unpaired) electrons. The lowest BCUT2D eigenvalue weighted by atomic mass is 9.90. The fourth-order valence-electron chi connectivity index (χ4n) is 4.75. The van der Waals surface area contributed by atoms with Gasteiger partial charge in [-0.1, -0.05) is 12.1 Å². The van der Waals surface area contributed by atoms with Gasteiger partial charge in [0, 0.05) is 5.56 Å². The highest BCUT2D eigenvalue weighted by Gasteiger charge is 2.42. The number of benzene rings is 2. The zero-order valence-electron chi connectivity index (χ0n) is 20.5. The second-order valence-corrected chi connectivity index (χ2v) is 9.13. The Morgan fingerprint density at radius 3 is 2.39 bits per heavy atom. The van der Waals surface area contributed by atoms with Crippen molar-refractivity contribution in [2.75, 3.05) is 27.4 Å². The summed E-state index contributed by atoms with van der Waals surface area (Å²) in [6.07, 6.45) is -4.82. The van der Waals surface area contributed by atoms with Crippen molar-refractivity contribution in [2.45, 2.75) is 62.5 Å². The van der Waals surface area contributed by atoms with E-state index in [-0.39, 0.29) is 24.9 Å². The van der Waals surface area contributed by atoms with Gasteiger partial charge in [0.15, 0.2) is 29.3 Å². The maximum Gasteiger partial charge on any atom is 0.186 e. The molecule has 7 atom stereocenters. The molecule has 2 heterocycles. The first-order valence-electron chi connectivity index (χ1n) is 12.0. The van der Waals surface area contributed by atoms with Crippen LogP contribution in [0.1, 0.15) is 42.1 Å². The highest BCUT2D eigenvalue weighted by atomic mass is 16.7. The lowest BCUT2D eigenvalue weighted by Gasteiger charge is -2.38. The van der Waals surface area contributed by atoms with E-state index in [0.717, 1.165) is 16.7 Å². The predicted octanol–water partition coefficient (Wildman–Crippen LogP) is 1.40. The number of hydrogen-bond acceptors (Lipinski definition) is 10. The van der Waals surface area contributed by atoms with Crippen LogP contribution in [0.4, 0.5) is 0 Å². The maximum absolute atomic E-state index is 10.2. The van der Waals surface area contributed by atoms with Crippen molar-refractivity contribution >= 4 is 0 Å². The van der Waals surface area contributed by atoms with Crippen LogP contribution in [0.2, 0.25) is 0 Å². The van der Waals surface area contributed by atoms with Crippen LogP contribution >= 0.6 is 0 Å².